The maximum Gasteiger partial charge on any atom is 0.267 e. The first-order valence-electron chi connectivity index (χ1n) is 5.53. The van der Waals surface area contributed by atoms with Gasteiger partial charge in [-0.1, -0.05) is 22.2 Å². The van der Waals surface area contributed by atoms with Crippen LogP contribution in [0.4, 0.5) is 0 Å². The molecule has 0 spiro atoms. The summed E-state index contributed by atoms with van der Waals surface area (Å²) in [6, 6.07) is 5.37. The van der Waals surface area contributed by atoms with Crippen molar-refractivity contribution in [1.82, 2.24) is 14.9 Å². The van der Waals surface area contributed by atoms with Gasteiger partial charge in [0.25, 0.3) is 5.91 Å². The molecular formula is C12H12ClN3O2S. The standard InChI is InChI=1S/C12H12ClN3O2S/c1-7-3-4-8(13)10(5-7)18-11(12(17)14-2)9-6-19-16-15-9/h3-6,11H,1-2H3,(H,14,17). The summed E-state index contributed by atoms with van der Waals surface area (Å²) < 4.78 is 9.42. The molecule has 0 aliphatic carbocycles. The van der Waals surface area contributed by atoms with Crippen molar-refractivity contribution in [2.75, 3.05) is 7.05 Å². The number of benzene rings is 1. The van der Waals surface area contributed by atoms with Crippen molar-refractivity contribution in [3.8, 4) is 5.75 Å². The molecular weight excluding hydrogens is 286 g/mol. The molecule has 0 aliphatic rings. The lowest BCUT2D eigenvalue weighted by Gasteiger charge is -2.16. The Hall–Kier alpha value is -1.66. The van der Waals surface area contributed by atoms with Crippen LogP contribution in [0.3, 0.4) is 0 Å². The Morgan fingerprint density at radius 2 is 2.32 bits per heavy atom. The molecule has 1 aromatic heterocycles. The van der Waals surface area contributed by atoms with Gasteiger partial charge in [0.05, 0.1) is 5.02 Å². The fourth-order valence-corrected chi connectivity index (χ4v) is 2.12. The predicted octanol–water partition coefficient (Wildman–Crippen LogP) is 2.37. The molecule has 1 atom stereocenters. The summed E-state index contributed by atoms with van der Waals surface area (Å²) in [5, 5.41) is 8.53. The topological polar surface area (TPSA) is 64.1 Å². The van der Waals surface area contributed by atoms with E-state index in [1.165, 1.54) is 7.05 Å². The summed E-state index contributed by atoms with van der Waals surface area (Å²) in [5.74, 6) is 0.147. The molecule has 100 valence electrons. The normalized spacial score (nSPS) is 11.9. The number of amides is 1. The Kier molecular flexibility index (Phi) is 4.34. The van der Waals surface area contributed by atoms with Crippen LogP contribution in [0.25, 0.3) is 0 Å². The number of hydrogen-bond acceptors (Lipinski definition) is 5. The van der Waals surface area contributed by atoms with Crippen LogP contribution in [0.5, 0.6) is 5.75 Å². The lowest BCUT2D eigenvalue weighted by atomic mass is 10.2. The highest BCUT2D eigenvalue weighted by molar-refractivity contribution is 7.03. The Bertz CT molecular complexity index is 574. The lowest BCUT2D eigenvalue weighted by molar-refractivity contribution is -0.127. The van der Waals surface area contributed by atoms with Gasteiger partial charge in [-0.2, -0.15) is 0 Å². The third kappa shape index (κ3) is 3.21. The minimum atomic E-state index is -0.858. The number of carbonyl (C=O) groups excluding carboxylic acids is 1. The van der Waals surface area contributed by atoms with Crippen molar-refractivity contribution in [1.29, 1.82) is 0 Å². The molecule has 1 heterocycles. The van der Waals surface area contributed by atoms with Crippen LogP contribution in [0.15, 0.2) is 23.6 Å². The molecule has 1 amide bonds. The minimum Gasteiger partial charge on any atom is -0.472 e. The number of likely N-dealkylation sites (N-methyl/N-ethyl adjacent to an activating group) is 1. The van der Waals surface area contributed by atoms with E-state index in [-0.39, 0.29) is 5.91 Å². The van der Waals surface area contributed by atoms with Gasteiger partial charge in [0, 0.05) is 12.4 Å². The SMILES string of the molecule is CNC(=O)C(Oc1cc(C)ccc1Cl)c1csnn1. The molecule has 0 saturated heterocycles. The summed E-state index contributed by atoms with van der Waals surface area (Å²) >= 11 is 7.22. The Labute approximate surface area is 119 Å². The van der Waals surface area contributed by atoms with Gasteiger partial charge < -0.3 is 10.1 Å². The molecule has 0 saturated carbocycles. The highest BCUT2D eigenvalue weighted by Gasteiger charge is 2.25. The van der Waals surface area contributed by atoms with E-state index in [1.807, 2.05) is 13.0 Å². The number of ether oxygens (including phenoxy) is 1. The Balaban J connectivity index is 2.30. The minimum absolute atomic E-state index is 0.301. The maximum atomic E-state index is 11.9. The molecule has 19 heavy (non-hydrogen) atoms. The fraction of sp³-hybridized carbons (Fsp3) is 0.250. The molecule has 7 heteroatoms. The number of carbonyl (C=O) groups is 1. The second kappa shape index (κ2) is 5.99. The second-order valence-corrected chi connectivity index (χ2v) is 4.89. The largest absolute Gasteiger partial charge is 0.472 e. The van der Waals surface area contributed by atoms with E-state index in [4.69, 9.17) is 16.3 Å². The summed E-state index contributed by atoms with van der Waals surface area (Å²) in [5.41, 5.74) is 1.45. The zero-order chi connectivity index (χ0) is 13.8. The van der Waals surface area contributed by atoms with Crippen LogP contribution in [-0.4, -0.2) is 22.5 Å². The van der Waals surface area contributed by atoms with Crippen molar-refractivity contribution in [2.24, 2.45) is 0 Å². The first-order valence-corrected chi connectivity index (χ1v) is 6.74. The van der Waals surface area contributed by atoms with Gasteiger partial charge in [-0.05, 0) is 36.2 Å². The summed E-state index contributed by atoms with van der Waals surface area (Å²) in [4.78, 5) is 11.9. The molecule has 0 aliphatic heterocycles. The van der Waals surface area contributed by atoms with Crippen molar-refractivity contribution in [3.63, 3.8) is 0 Å². The summed E-state index contributed by atoms with van der Waals surface area (Å²) in [6.45, 7) is 1.92. The van der Waals surface area contributed by atoms with Gasteiger partial charge in [-0.3, -0.25) is 4.79 Å². The van der Waals surface area contributed by atoms with Gasteiger partial charge in [0.1, 0.15) is 11.4 Å². The molecule has 1 N–H and O–H groups in total. The van der Waals surface area contributed by atoms with Crippen LogP contribution in [-0.2, 0) is 4.79 Å². The number of aromatic nitrogens is 2. The number of nitrogens with one attached hydrogen (secondary N) is 1. The fourth-order valence-electron chi connectivity index (χ4n) is 1.49. The van der Waals surface area contributed by atoms with Crippen LogP contribution in [0, 0.1) is 6.92 Å². The van der Waals surface area contributed by atoms with E-state index in [9.17, 15) is 4.79 Å². The lowest BCUT2D eigenvalue weighted by Crippen LogP contribution is -2.29. The Morgan fingerprint density at radius 1 is 1.53 bits per heavy atom. The molecule has 0 fully saturated rings. The van der Waals surface area contributed by atoms with Gasteiger partial charge in [0.2, 0.25) is 6.10 Å². The van der Waals surface area contributed by atoms with E-state index in [0.717, 1.165) is 17.1 Å². The number of aryl methyl sites for hydroxylation is 1. The van der Waals surface area contributed by atoms with Gasteiger partial charge in [-0.25, -0.2) is 0 Å². The first kappa shape index (κ1) is 13.8. The Morgan fingerprint density at radius 3 is 2.95 bits per heavy atom. The third-order valence-corrected chi connectivity index (χ3v) is 3.30. The molecule has 0 radical (unpaired) electrons. The highest BCUT2D eigenvalue weighted by atomic mass is 35.5. The molecule has 1 unspecified atom stereocenters. The molecule has 0 bridgehead atoms. The molecule has 2 aromatic rings. The predicted molar refractivity (Wildman–Crippen MR) is 73.5 cm³/mol. The van der Waals surface area contributed by atoms with Crippen LogP contribution < -0.4 is 10.1 Å². The number of hydrogen-bond donors (Lipinski definition) is 1. The van der Waals surface area contributed by atoms with Crippen LogP contribution >= 0.6 is 23.1 Å². The molecule has 2 rings (SSSR count). The van der Waals surface area contributed by atoms with Crippen LogP contribution in [0.2, 0.25) is 5.02 Å². The van der Waals surface area contributed by atoms with Crippen molar-refractivity contribution in [3.05, 3.63) is 39.9 Å². The van der Waals surface area contributed by atoms with Crippen molar-refractivity contribution >= 4 is 29.0 Å². The molecule has 1 aromatic carbocycles. The first-order chi connectivity index (χ1) is 9.11. The van der Waals surface area contributed by atoms with Gasteiger partial charge in [0.15, 0.2) is 0 Å². The third-order valence-electron chi connectivity index (χ3n) is 2.46. The van der Waals surface area contributed by atoms with Crippen molar-refractivity contribution in [2.45, 2.75) is 13.0 Å². The van der Waals surface area contributed by atoms with E-state index >= 15 is 0 Å². The summed E-state index contributed by atoms with van der Waals surface area (Å²) in [7, 11) is 1.54. The highest BCUT2D eigenvalue weighted by Crippen LogP contribution is 2.29. The van der Waals surface area contributed by atoms with Crippen molar-refractivity contribution < 1.29 is 9.53 Å². The van der Waals surface area contributed by atoms with E-state index < -0.39 is 6.10 Å². The summed E-state index contributed by atoms with van der Waals surface area (Å²) in [6.07, 6.45) is -0.858. The van der Waals surface area contributed by atoms with Crippen LogP contribution in [0.1, 0.15) is 17.4 Å². The average Bonchev–Trinajstić information content (AvgIpc) is 2.92. The monoisotopic (exact) mass is 297 g/mol. The quantitative estimate of drug-likeness (QED) is 0.941. The number of rotatable bonds is 4. The zero-order valence-corrected chi connectivity index (χ0v) is 12.0. The molecule has 5 nitrogen and oxygen atoms in total. The zero-order valence-electron chi connectivity index (χ0n) is 10.4. The second-order valence-electron chi connectivity index (χ2n) is 3.88. The van der Waals surface area contributed by atoms with Gasteiger partial charge >= 0.3 is 0 Å². The van der Waals surface area contributed by atoms with E-state index in [2.05, 4.69) is 14.9 Å². The number of nitrogens with zero attached hydrogens (tertiary/aromatic N) is 2. The van der Waals surface area contributed by atoms with E-state index in [1.54, 1.807) is 17.5 Å². The number of halogens is 1. The smallest absolute Gasteiger partial charge is 0.267 e. The average molecular weight is 298 g/mol. The van der Waals surface area contributed by atoms with E-state index in [0.29, 0.717) is 16.5 Å². The van der Waals surface area contributed by atoms with Gasteiger partial charge in [-0.15, -0.1) is 5.10 Å². The maximum absolute atomic E-state index is 11.9.